The second-order valence-electron chi connectivity index (χ2n) is 4.10. The Bertz CT molecular complexity index is 596. The fourth-order valence-electron chi connectivity index (χ4n) is 1.49. The van der Waals surface area contributed by atoms with Crippen LogP contribution in [0.4, 0.5) is 4.79 Å². The fourth-order valence-corrected chi connectivity index (χ4v) is 2.13. The summed E-state index contributed by atoms with van der Waals surface area (Å²) < 4.78 is 5.08. The van der Waals surface area contributed by atoms with Crippen molar-refractivity contribution in [3.63, 3.8) is 0 Å². The third-order valence-corrected chi connectivity index (χ3v) is 3.32. The molecule has 0 fully saturated rings. The van der Waals surface area contributed by atoms with Gasteiger partial charge in [0.15, 0.2) is 5.82 Å². The Balaban J connectivity index is 1.71. The van der Waals surface area contributed by atoms with Gasteiger partial charge < -0.3 is 20.3 Å². The summed E-state index contributed by atoms with van der Waals surface area (Å²) in [5, 5.41) is 19.2. The van der Waals surface area contributed by atoms with Gasteiger partial charge in [-0.15, -0.1) is 11.3 Å². The minimum absolute atomic E-state index is 0.0231. The van der Waals surface area contributed by atoms with Crippen molar-refractivity contribution in [1.82, 2.24) is 20.8 Å². The van der Waals surface area contributed by atoms with Crippen LogP contribution < -0.4 is 10.6 Å². The maximum atomic E-state index is 11.4. The number of amides is 2. The van der Waals surface area contributed by atoms with Gasteiger partial charge in [0.05, 0.1) is 11.4 Å². The van der Waals surface area contributed by atoms with Gasteiger partial charge in [-0.2, -0.15) is 4.98 Å². The van der Waals surface area contributed by atoms with Crippen LogP contribution in [0.5, 0.6) is 0 Å². The Morgan fingerprint density at radius 3 is 2.95 bits per heavy atom. The number of carbonyl (C=O) groups is 2. The average Bonchev–Trinajstić information content (AvgIpc) is 3.11. The zero-order valence-corrected chi connectivity index (χ0v) is 11.9. The summed E-state index contributed by atoms with van der Waals surface area (Å²) >= 11 is 1.49. The lowest BCUT2D eigenvalue weighted by Gasteiger charge is -2.04. The molecule has 2 amide bonds. The monoisotopic (exact) mass is 310 g/mol. The first-order chi connectivity index (χ1) is 10.1. The van der Waals surface area contributed by atoms with Crippen LogP contribution in [-0.4, -0.2) is 33.8 Å². The predicted molar refractivity (Wildman–Crippen MR) is 74.7 cm³/mol. The largest absolute Gasteiger partial charge is 0.481 e. The number of carbonyl (C=O) groups excluding carboxylic acids is 1. The van der Waals surface area contributed by atoms with Crippen LogP contribution in [0.2, 0.25) is 0 Å². The van der Waals surface area contributed by atoms with Crippen LogP contribution in [-0.2, 0) is 11.3 Å². The van der Waals surface area contributed by atoms with Crippen molar-refractivity contribution in [2.45, 2.75) is 19.4 Å². The number of carboxylic acids is 1. The molecule has 2 heterocycles. The van der Waals surface area contributed by atoms with E-state index in [9.17, 15) is 9.59 Å². The molecule has 0 aromatic carbocycles. The lowest BCUT2D eigenvalue weighted by atomic mass is 10.3. The number of nitrogens with one attached hydrogen (secondary N) is 2. The molecule has 0 saturated heterocycles. The van der Waals surface area contributed by atoms with E-state index in [2.05, 4.69) is 20.8 Å². The van der Waals surface area contributed by atoms with Gasteiger partial charge in [-0.3, -0.25) is 4.79 Å². The van der Waals surface area contributed by atoms with Gasteiger partial charge in [0.25, 0.3) is 5.89 Å². The number of rotatable bonds is 7. The van der Waals surface area contributed by atoms with Gasteiger partial charge in [-0.05, 0) is 17.9 Å². The van der Waals surface area contributed by atoms with E-state index in [0.717, 1.165) is 4.88 Å². The summed E-state index contributed by atoms with van der Waals surface area (Å²) in [7, 11) is 0. The summed E-state index contributed by atoms with van der Waals surface area (Å²) in [5.41, 5.74) is 0. The van der Waals surface area contributed by atoms with Gasteiger partial charge in [-0.25, -0.2) is 4.79 Å². The van der Waals surface area contributed by atoms with Crippen LogP contribution in [0.3, 0.4) is 0 Å². The number of thiophene rings is 1. The van der Waals surface area contributed by atoms with Crippen molar-refractivity contribution in [3.8, 4) is 10.8 Å². The second kappa shape index (κ2) is 7.39. The lowest BCUT2D eigenvalue weighted by Crippen LogP contribution is -2.35. The highest BCUT2D eigenvalue weighted by molar-refractivity contribution is 7.13. The van der Waals surface area contributed by atoms with Gasteiger partial charge in [0.1, 0.15) is 0 Å². The van der Waals surface area contributed by atoms with Crippen LogP contribution in [0, 0.1) is 0 Å². The van der Waals surface area contributed by atoms with E-state index in [1.807, 2.05) is 17.5 Å². The zero-order chi connectivity index (χ0) is 15.1. The first-order valence-corrected chi connectivity index (χ1v) is 7.13. The van der Waals surface area contributed by atoms with Crippen molar-refractivity contribution in [2.24, 2.45) is 0 Å². The van der Waals surface area contributed by atoms with E-state index in [1.54, 1.807) is 0 Å². The number of urea groups is 1. The Morgan fingerprint density at radius 2 is 2.24 bits per heavy atom. The molecular weight excluding hydrogens is 296 g/mol. The summed E-state index contributed by atoms with van der Waals surface area (Å²) in [4.78, 5) is 26.8. The summed E-state index contributed by atoms with van der Waals surface area (Å²) in [5.74, 6) is -0.0899. The Morgan fingerprint density at radius 1 is 1.38 bits per heavy atom. The molecule has 0 unspecified atom stereocenters. The first-order valence-electron chi connectivity index (χ1n) is 6.25. The second-order valence-corrected chi connectivity index (χ2v) is 5.05. The molecule has 0 saturated carbocycles. The molecular formula is C12H14N4O4S. The minimum Gasteiger partial charge on any atom is -0.481 e. The SMILES string of the molecule is O=C(O)CCCNC(=O)NCc1noc(-c2cccs2)n1. The smallest absolute Gasteiger partial charge is 0.315 e. The molecule has 0 atom stereocenters. The highest BCUT2D eigenvalue weighted by Crippen LogP contribution is 2.22. The third-order valence-electron chi connectivity index (χ3n) is 2.46. The van der Waals surface area contributed by atoms with E-state index in [0.29, 0.717) is 24.7 Å². The molecule has 0 aliphatic carbocycles. The molecule has 8 nitrogen and oxygen atoms in total. The topological polar surface area (TPSA) is 117 Å². The van der Waals surface area contributed by atoms with Gasteiger partial charge in [0, 0.05) is 13.0 Å². The maximum absolute atomic E-state index is 11.4. The van der Waals surface area contributed by atoms with E-state index in [4.69, 9.17) is 9.63 Å². The Hall–Kier alpha value is -2.42. The van der Waals surface area contributed by atoms with E-state index in [1.165, 1.54) is 11.3 Å². The minimum atomic E-state index is -0.884. The first kappa shape index (κ1) is 15.0. The van der Waals surface area contributed by atoms with Crippen LogP contribution >= 0.6 is 11.3 Å². The van der Waals surface area contributed by atoms with Crippen LogP contribution in [0.1, 0.15) is 18.7 Å². The highest BCUT2D eigenvalue weighted by Gasteiger charge is 2.10. The number of hydrogen-bond donors (Lipinski definition) is 3. The normalized spacial score (nSPS) is 10.3. The molecule has 0 bridgehead atoms. The van der Waals surface area contributed by atoms with Crippen molar-refractivity contribution in [1.29, 1.82) is 0 Å². The number of nitrogens with zero attached hydrogens (tertiary/aromatic N) is 2. The maximum Gasteiger partial charge on any atom is 0.315 e. The van der Waals surface area contributed by atoms with Gasteiger partial charge in [-0.1, -0.05) is 11.2 Å². The third kappa shape index (κ3) is 4.88. The fraction of sp³-hybridized carbons (Fsp3) is 0.333. The van der Waals surface area contributed by atoms with Crippen LogP contribution in [0.25, 0.3) is 10.8 Å². The molecule has 3 N–H and O–H groups in total. The number of aliphatic carboxylic acids is 1. The summed E-state index contributed by atoms with van der Waals surface area (Å²) in [6.07, 6.45) is 0.406. The molecule has 21 heavy (non-hydrogen) atoms. The number of hydrogen-bond acceptors (Lipinski definition) is 6. The molecule has 0 spiro atoms. The molecule has 2 aromatic rings. The van der Waals surface area contributed by atoms with Crippen molar-refractivity contribution in [3.05, 3.63) is 23.3 Å². The van der Waals surface area contributed by atoms with Crippen molar-refractivity contribution in [2.75, 3.05) is 6.54 Å². The summed E-state index contributed by atoms with van der Waals surface area (Å²) in [6.45, 7) is 0.435. The number of carboxylic acid groups (broad SMARTS) is 1. The molecule has 9 heteroatoms. The molecule has 0 radical (unpaired) electrons. The van der Waals surface area contributed by atoms with Crippen molar-refractivity contribution >= 4 is 23.3 Å². The van der Waals surface area contributed by atoms with Crippen LogP contribution in [0.15, 0.2) is 22.0 Å². The van der Waals surface area contributed by atoms with Crippen molar-refractivity contribution < 1.29 is 19.2 Å². The molecule has 112 valence electrons. The Kier molecular flexibility index (Phi) is 5.27. The molecule has 0 aliphatic rings. The predicted octanol–water partition coefficient (Wildman–Crippen LogP) is 1.46. The standard InChI is InChI=1S/C12H14N4O4S/c17-10(18)4-1-5-13-12(19)14-7-9-15-11(20-16-9)8-3-2-6-21-8/h2-3,6H,1,4-5,7H2,(H,17,18)(H2,13,14,19). The number of aromatic nitrogens is 2. The zero-order valence-electron chi connectivity index (χ0n) is 11.0. The molecule has 0 aliphatic heterocycles. The highest BCUT2D eigenvalue weighted by atomic mass is 32.1. The Labute approximate surface area is 124 Å². The lowest BCUT2D eigenvalue weighted by molar-refractivity contribution is -0.137. The van der Waals surface area contributed by atoms with E-state index in [-0.39, 0.29) is 13.0 Å². The van der Waals surface area contributed by atoms with E-state index < -0.39 is 12.0 Å². The quantitative estimate of drug-likeness (QED) is 0.666. The summed E-state index contributed by atoms with van der Waals surface area (Å²) in [6, 6.07) is 3.35. The van der Waals surface area contributed by atoms with Gasteiger partial charge >= 0.3 is 12.0 Å². The van der Waals surface area contributed by atoms with Gasteiger partial charge in [0.2, 0.25) is 0 Å². The molecule has 2 rings (SSSR count). The van der Waals surface area contributed by atoms with E-state index >= 15 is 0 Å². The average molecular weight is 310 g/mol. The molecule has 2 aromatic heterocycles.